The Morgan fingerprint density at radius 2 is 1.95 bits per heavy atom. The molecule has 1 saturated heterocycles. The monoisotopic (exact) mass is 328 g/mol. The van der Waals surface area contributed by atoms with Crippen LogP contribution in [-0.4, -0.2) is 55.4 Å². The molecule has 1 aromatic carbocycles. The maximum Gasteiger partial charge on any atom is 0.0900 e. The summed E-state index contributed by atoms with van der Waals surface area (Å²) in [5.41, 5.74) is 1.12. The second-order valence-corrected chi connectivity index (χ2v) is 5.76. The minimum atomic E-state index is -0.409. The van der Waals surface area contributed by atoms with Gasteiger partial charge < -0.3 is 15.2 Å². The molecule has 2 rings (SSSR count). The van der Waals surface area contributed by atoms with E-state index in [2.05, 4.69) is 26.1 Å². The van der Waals surface area contributed by atoms with Crippen molar-refractivity contribution in [2.24, 2.45) is 0 Å². The van der Waals surface area contributed by atoms with E-state index in [0.717, 1.165) is 36.2 Å². The highest BCUT2D eigenvalue weighted by Gasteiger charge is 2.14. The fourth-order valence-electron chi connectivity index (χ4n) is 2.14. The van der Waals surface area contributed by atoms with Gasteiger partial charge in [0.2, 0.25) is 0 Å². The van der Waals surface area contributed by atoms with Crippen LogP contribution >= 0.6 is 15.9 Å². The number of hydrogen-bond donors (Lipinski definition) is 2. The van der Waals surface area contributed by atoms with Crippen LogP contribution < -0.4 is 5.32 Å². The molecule has 1 unspecified atom stereocenters. The van der Waals surface area contributed by atoms with Gasteiger partial charge in [-0.2, -0.15) is 0 Å². The van der Waals surface area contributed by atoms with Gasteiger partial charge in [-0.1, -0.05) is 28.1 Å². The molecule has 19 heavy (non-hydrogen) atoms. The van der Waals surface area contributed by atoms with E-state index >= 15 is 0 Å². The lowest BCUT2D eigenvalue weighted by molar-refractivity contribution is 0.00822. The van der Waals surface area contributed by atoms with Gasteiger partial charge in [0.25, 0.3) is 0 Å². The van der Waals surface area contributed by atoms with E-state index in [0.29, 0.717) is 19.8 Å². The zero-order valence-electron chi connectivity index (χ0n) is 11.0. The van der Waals surface area contributed by atoms with Crippen molar-refractivity contribution < 1.29 is 9.84 Å². The molecule has 0 saturated carbocycles. The van der Waals surface area contributed by atoms with Crippen molar-refractivity contribution in [3.8, 4) is 0 Å². The molecule has 4 nitrogen and oxygen atoms in total. The number of aliphatic hydroxyl groups excluding tert-OH is 1. The van der Waals surface area contributed by atoms with E-state index in [1.165, 1.54) is 0 Å². The first-order valence-electron chi connectivity index (χ1n) is 6.67. The van der Waals surface area contributed by atoms with Crippen LogP contribution in [0.2, 0.25) is 0 Å². The van der Waals surface area contributed by atoms with Gasteiger partial charge in [-0.3, -0.25) is 4.90 Å². The standard InChI is InChI=1S/C14H21BrN2O2/c15-13-3-1-12(2-4-13)10-19-11-14(18)9-17-7-5-16-6-8-17/h1-4,14,16,18H,5-11H2. The lowest BCUT2D eigenvalue weighted by atomic mass is 10.2. The molecule has 0 amide bonds. The van der Waals surface area contributed by atoms with Gasteiger partial charge in [-0.25, -0.2) is 0 Å². The zero-order chi connectivity index (χ0) is 13.5. The molecule has 1 fully saturated rings. The molecule has 5 heteroatoms. The molecule has 0 aromatic heterocycles. The third-order valence-corrected chi connectivity index (χ3v) is 3.70. The molecule has 1 aromatic rings. The smallest absolute Gasteiger partial charge is 0.0900 e. The third-order valence-electron chi connectivity index (χ3n) is 3.17. The molecular formula is C14H21BrN2O2. The normalized spacial score (nSPS) is 18.4. The Labute approximate surface area is 122 Å². The fourth-order valence-corrected chi connectivity index (χ4v) is 2.40. The summed E-state index contributed by atoms with van der Waals surface area (Å²) in [5.74, 6) is 0. The van der Waals surface area contributed by atoms with Crippen LogP contribution in [-0.2, 0) is 11.3 Å². The first-order chi connectivity index (χ1) is 9.24. The number of halogens is 1. The first kappa shape index (κ1) is 14.9. The van der Waals surface area contributed by atoms with Gasteiger partial charge in [0, 0.05) is 37.2 Å². The van der Waals surface area contributed by atoms with Crippen LogP contribution in [0.4, 0.5) is 0 Å². The van der Waals surface area contributed by atoms with Crippen molar-refractivity contribution in [3.05, 3.63) is 34.3 Å². The van der Waals surface area contributed by atoms with Crippen molar-refractivity contribution in [3.63, 3.8) is 0 Å². The Bertz CT molecular complexity index is 366. The summed E-state index contributed by atoms with van der Waals surface area (Å²) in [6.45, 7) is 5.65. The van der Waals surface area contributed by atoms with Crippen molar-refractivity contribution in [1.82, 2.24) is 10.2 Å². The number of nitrogens with one attached hydrogen (secondary N) is 1. The second-order valence-electron chi connectivity index (χ2n) is 4.85. The highest BCUT2D eigenvalue weighted by atomic mass is 79.9. The quantitative estimate of drug-likeness (QED) is 0.824. The van der Waals surface area contributed by atoms with E-state index < -0.39 is 6.10 Å². The number of ether oxygens (including phenoxy) is 1. The van der Waals surface area contributed by atoms with Crippen molar-refractivity contribution in [2.45, 2.75) is 12.7 Å². The SMILES string of the molecule is OC(COCc1ccc(Br)cc1)CN1CCNCC1. The maximum absolute atomic E-state index is 9.93. The molecule has 106 valence electrons. The van der Waals surface area contributed by atoms with Gasteiger partial charge in [-0.15, -0.1) is 0 Å². The minimum absolute atomic E-state index is 0.389. The lowest BCUT2D eigenvalue weighted by Gasteiger charge is -2.28. The molecule has 0 radical (unpaired) electrons. The number of β-amino-alcohol motifs (C(OH)–C–C–N with tert-alkyl or cyclic N) is 1. The van der Waals surface area contributed by atoms with E-state index in [4.69, 9.17) is 4.74 Å². The van der Waals surface area contributed by atoms with Crippen LogP contribution in [0.3, 0.4) is 0 Å². The minimum Gasteiger partial charge on any atom is -0.389 e. The predicted octanol–water partition coefficient (Wildman–Crippen LogP) is 1.23. The summed E-state index contributed by atoms with van der Waals surface area (Å²) in [6, 6.07) is 8.03. The largest absolute Gasteiger partial charge is 0.389 e. The average molecular weight is 329 g/mol. The number of nitrogens with zero attached hydrogens (tertiary/aromatic N) is 1. The highest BCUT2D eigenvalue weighted by molar-refractivity contribution is 9.10. The molecule has 1 aliphatic heterocycles. The molecule has 1 aliphatic rings. The number of piperazine rings is 1. The highest BCUT2D eigenvalue weighted by Crippen LogP contribution is 2.11. The van der Waals surface area contributed by atoms with Gasteiger partial charge in [-0.05, 0) is 17.7 Å². The number of benzene rings is 1. The predicted molar refractivity (Wildman–Crippen MR) is 79.1 cm³/mol. The first-order valence-corrected chi connectivity index (χ1v) is 7.46. The molecule has 1 heterocycles. The Balaban J connectivity index is 1.63. The summed E-state index contributed by atoms with van der Waals surface area (Å²) in [4.78, 5) is 2.27. The maximum atomic E-state index is 9.93. The summed E-state index contributed by atoms with van der Waals surface area (Å²) < 4.78 is 6.62. The van der Waals surface area contributed by atoms with E-state index in [1.54, 1.807) is 0 Å². The Morgan fingerprint density at radius 1 is 1.26 bits per heavy atom. The van der Waals surface area contributed by atoms with Crippen molar-refractivity contribution >= 4 is 15.9 Å². The van der Waals surface area contributed by atoms with Gasteiger partial charge in [0.05, 0.1) is 19.3 Å². The zero-order valence-corrected chi connectivity index (χ0v) is 12.6. The summed E-state index contributed by atoms with van der Waals surface area (Å²) in [7, 11) is 0. The van der Waals surface area contributed by atoms with Crippen molar-refractivity contribution in [2.75, 3.05) is 39.3 Å². The Hall–Kier alpha value is -0.460. The van der Waals surface area contributed by atoms with Crippen LogP contribution in [0.5, 0.6) is 0 Å². The summed E-state index contributed by atoms with van der Waals surface area (Å²) in [5, 5.41) is 13.2. The molecular weight excluding hydrogens is 308 g/mol. The Kier molecular flexibility index (Phi) is 6.26. The summed E-state index contributed by atoms with van der Waals surface area (Å²) in [6.07, 6.45) is -0.409. The third kappa shape index (κ3) is 5.58. The van der Waals surface area contributed by atoms with Gasteiger partial charge in [0.1, 0.15) is 0 Å². The molecule has 0 bridgehead atoms. The van der Waals surface area contributed by atoms with Crippen LogP contribution in [0, 0.1) is 0 Å². The molecule has 1 atom stereocenters. The van der Waals surface area contributed by atoms with Crippen molar-refractivity contribution in [1.29, 1.82) is 0 Å². The number of rotatable bonds is 6. The van der Waals surface area contributed by atoms with Crippen LogP contribution in [0.1, 0.15) is 5.56 Å². The number of aliphatic hydroxyl groups is 1. The van der Waals surface area contributed by atoms with E-state index in [-0.39, 0.29) is 0 Å². The molecule has 2 N–H and O–H groups in total. The average Bonchev–Trinajstić information content (AvgIpc) is 2.42. The van der Waals surface area contributed by atoms with E-state index in [1.807, 2.05) is 24.3 Å². The van der Waals surface area contributed by atoms with Crippen LogP contribution in [0.25, 0.3) is 0 Å². The molecule has 0 aliphatic carbocycles. The summed E-state index contributed by atoms with van der Waals surface area (Å²) >= 11 is 3.40. The van der Waals surface area contributed by atoms with Gasteiger partial charge in [0.15, 0.2) is 0 Å². The lowest BCUT2D eigenvalue weighted by Crippen LogP contribution is -2.47. The number of hydrogen-bond acceptors (Lipinski definition) is 4. The Morgan fingerprint density at radius 3 is 2.63 bits per heavy atom. The topological polar surface area (TPSA) is 44.7 Å². The van der Waals surface area contributed by atoms with Gasteiger partial charge >= 0.3 is 0 Å². The fraction of sp³-hybridized carbons (Fsp3) is 0.571. The molecule has 0 spiro atoms. The van der Waals surface area contributed by atoms with Crippen LogP contribution in [0.15, 0.2) is 28.7 Å². The van der Waals surface area contributed by atoms with E-state index in [9.17, 15) is 5.11 Å². The second kappa shape index (κ2) is 7.97.